The van der Waals surface area contributed by atoms with Crippen molar-refractivity contribution in [2.45, 2.75) is 25.9 Å². The van der Waals surface area contributed by atoms with Gasteiger partial charge in [-0.3, -0.25) is 0 Å². The third-order valence-corrected chi connectivity index (χ3v) is 2.68. The Labute approximate surface area is 95.1 Å². The quantitative estimate of drug-likeness (QED) is 0.830. The molecule has 2 N–H and O–H groups in total. The summed E-state index contributed by atoms with van der Waals surface area (Å²) in [5.74, 6) is 0.904. The molecule has 2 aromatic rings. The first-order valence-electron chi connectivity index (χ1n) is 5.56. The summed E-state index contributed by atoms with van der Waals surface area (Å²) in [5, 5.41) is 13.4. The summed E-state index contributed by atoms with van der Waals surface area (Å²) in [6.45, 7) is 4.10. The monoisotopic (exact) mass is 219 g/mol. The van der Waals surface area contributed by atoms with Crippen LogP contribution < -0.4 is 5.32 Å². The molecule has 0 bridgehead atoms. The topological polar surface area (TPSA) is 45.4 Å². The Morgan fingerprint density at radius 1 is 1.31 bits per heavy atom. The highest BCUT2D eigenvalue weighted by Crippen LogP contribution is 2.23. The number of hydrogen-bond acceptors (Lipinski definition) is 3. The molecule has 1 aromatic carbocycles. The van der Waals surface area contributed by atoms with Gasteiger partial charge in [0.15, 0.2) is 0 Å². The lowest BCUT2D eigenvalue weighted by atomic mass is 10.2. The molecule has 0 aliphatic heterocycles. The minimum atomic E-state index is 0.0724. The molecule has 2 unspecified atom stereocenters. The van der Waals surface area contributed by atoms with E-state index < -0.39 is 0 Å². The lowest BCUT2D eigenvalue weighted by Crippen LogP contribution is -2.31. The predicted octanol–water partition coefficient (Wildman–Crippen LogP) is 2.46. The highest BCUT2D eigenvalue weighted by Gasteiger charge is 2.13. The van der Waals surface area contributed by atoms with Crippen LogP contribution in [0.1, 0.15) is 25.6 Å². The predicted molar refractivity (Wildman–Crippen MR) is 64.3 cm³/mol. The number of para-hydroxylation sites is 1. The largest absolute Gasteiger partial charge is 0.459 e. The Bertz CT molecular complexity index is 431. The Hall–Kier alpha value is -1.32. The van der Waals surface area contributed by atoms with Crippen molar-refractivity contribution in [3.8, 4) is 0 Å². The van der Waals surface area contributed by atoms with Gasteiger partial charge in [-0.2, -0.15) is 0 Å². The first kappa shape index (κ1) is 11.2. The average Bonchev–Trinajstić information content (AvgIpc) is 2.72. The fraction of sp³-hybridized carbons (Fsp3) is 0.385. The van der Waals surface area contributed by atoms with Crippen molar-refractivity contribution >= 4 is 11.0 Å². The molecule has 0 spiro atoms. The van der Waals surface area contributed by atoms with Crippen LogP contribution in [0.3, 0.4) is 0 Å². The van der Waals surface area contributed by atoms with Gasteiger partial charge in [-0.1, -0.05) is 18.2 Å². The van der Waals surface area contributed by atoms with Crippen molar-refractivity contribution in [2.75, 3.05) is 6.61 Å². The van der Waals surface area contributed by atoms with Gasteiger partial charge in [0.1, 0.15) is 11.3 Å². The van der Waals surface area contributed by atoms with Gasteiger partial charge >= 0.3 is 0 Å². The molecule has 0 fully saturated rings. The van der Waals surface area contributed by atoms with Crippen LogP contribution in [0.25, 0.3) is 11.0 Å². The number of furan rings is 1. The highest BCUT2D eigenvalue weighted by molar-refractivity contribution is 5.77. The third kappa shape index (κ3) is 2.26. The van der Waals surface area contributed by atoms with Gasteiger partial charge in [0, 0.05) is 11.4 Å². The fourth-order valence-corrected chi connectivity index (χ4v) is 1.78. The van der Waals surface area contributed by atoms with Gasteiger partial charge in [0.2, 0.25) is 0 Å². The SMILES string of the molecule is CC(CO)NC(C)c1cc2ccccc2o1. The molecular weight excluding hydrogens is 202 g/mol. The summed E-state index contributed by atoms with van der Waals surface area (Å²) < 4.78 is 5.73. The summed E-state index contributed by atoms with van der Waals surface area (Å²) in [6.07, 6.45) is 0. The number of fused-ring (bicyclic) bond motifs is 1. The van der Waals surface area contributed by atoms with Crippen molar-refractivity contribution in [1.29, 1.82) is 0 Å². The maximum absolute atomic E-state index is 8.98. The summed E-state index contributed by atoms with van der Waals surface area (Å²) in [5.41, 5.74) is 0.905. The zero-order valence-electron chi connectivity index (χ0n) is 9.60. The molecule has 3 heteroatoms. The molecule has 0 amide bonds. The minimum Gasteiger partial charge on any atom is -0.459 e. The smallest absolute Gasteiger partial charge is 0.134 e. The lowest BCUT2D eigenvalue weighted by molar-refractivity contribution is 0.239. The molecule has 1 heterocycles. The van der Waals surface area contributed by atoms with Gasteiger partial charge in [0.25, 0.3) is 0 Å². The van der Waals surface area contributed by atoms with Gasteiger partial charge in [-0.25, -0.2) is 0 Å². The zero-order chi connectivity index (χ0) is 11.5. The molecule has 16 heavy (non-hydrogen) atoms. The number of aliphatic hydroxyl groups excluding tert-OH is 1. The van der Waals surface area contributed by atoms with Crippen molar-refractivity contribution in [1.82, 2.24) is 5.32 Å². The zero-order valence-corrected chi connectivity index (χ0v) is 9.60. The molecule has 2 atom stereocenters. The molecular formula is C13H17NO2. The first-order chi connectivity index (χ1) is 7.70. The fourth-order valence-electron chi connectivity index (χ4n) is 1.78. The van der Waals surface area contributed by atoms with Crippen LogP contribution in [0, 0.1) is 0 Å². The van der Waals surface area contributed by atoms with Crippen LogP contribution in [-0.2, 0) is 0 Å². The van der Waals surface area contributed by atoms with E-state index in [1.165, 1.54) is 0 Å². The third-order valence-electron chi connectivity index (χ3n) is 2.68. The molecule has 3 nitrogen and oxygen atoms in total. The van der Waals surface area contributed by atoms with E-state index in [1.807, 2.05) is 44.2 Å². The van der Waals surface area contributed by atoms with Crippen LogP contribution in [0.2, 0.25) is 0 Å². The normalized spacial score (nSPS) is 15.2. The van der Waals surface area contributed by atoms with E-state index in [-0.39, 0.29) is 18.7 Å². The van der Waals surface area contributed by atoms with Crippen LogP contribution >= 0.6 is 0 Å². The van der Waals surface area contributed by atoms with E-state index in [0.717, 1.165) is 16.7 Å². The van der Waals surface area contributed by atoms with Crippen molar-refractivity contribution < 1.29 is 9.52 Å². The van der Waals surface area contributed by atoms with E-state index in [1.54, 1.807) is 0 Å². The summed E-state index contributed by atoms with van der Waals surface area (Å²) in [6, 6.07) is 10.2. The van der Waals surface area contributed by atoms with E-state index >= 15 is 0 Å². The lowest BCUT2D eigenvalue weighted by Gasteiger charge is -2.15. The Morgan fingerprint density at radius 3 is 2.75 bits per heavy atom. The number of aliphatic hydroxyl groups is 1. The van der Waals surface area contributed by atoms with Crippen LogP contribution in [-0.4, -0.2) is 17.8 Å². The second-order valence-corrected chi connectivity index (χ2v) is 4.16. The average molecular weight is 219 g/mol. The van der Waals surface area contributed by atoms with Crippen molar-refractivity contribution in [2.24, 2.45) is 0 Å². The molecule has 0 aliphatic carbocycles. The molecule has 86 valence electrons. The molecule has 0 saturated heterocycles. The molecule has 0 radical (unpaired) electrons. The van der Waals surface area contributed by atoms with Crippen LogP contribution in [0.15, 0.2) is 34.7 Å². The summed E-state index contributed by atoms with van der Waals surface area (Å²) in [7, 11) is 0. The molecule has 0 saturated carbocycles. The van der Waals surface area contributed by atoms with E-state index in [2.05, 4.69) is 5.32 Å². The Kier molecular flexibility index (Phi) is 3.27. The van der Waals surface area contributed by atoms with Gasteiger partial charge in [-0.05, 0) is 26.0 Å². The Balaban J connectivity index is 2.19. The second kappa shape index (κ2) is 4.68. The number of benzene rings is 1. The molecule has 0 aliphatic rings. The minimum absolute atomic E-state index is 0.0724. The van der Waals surface area contributed by atoms with Crippen molar-refractivity contribution in [3.63, 3.8) is 0 Å². The van der Waals surface area contributed by atoms with Crippen molar-refractivity contribution in [3.05, 3.63) is 36.1 Å². The summed E-state index contributed by atoms with van der Waals surface area (Å²) >= 11 is 0. The van der Waals surface area contributed by atoms with Crippen LogP contribution in [0.4, 0.5) is 0 Å². The van der Waals surface area contributed by atoms with Crippen LogP contribution in [0.5, 0.6) is 0 Å². The van der Waals surface area contributed by atoms with Gasteiger partial charge in [0.05, 0.1) is 12.6 Å². The molecule has 2 rings (SSSR count). The maximum Gasteiger partial charge on any atom is 0.134 e. The van der Waals surface area contributed by atoms with E-state index in [4.69, 9.17) is 9.52 Å². The summed E-state index contributed by atoms with van der Waals surface area (Å²) in [4.78, 5) is 0. The highest BCUT2D eigenvalue weighted by atomic mass is 16.3. The standard InChI is InChI=1S/C13H17NO2/c1-9(8-15)14-10(2)13-7-11-5-3-4-6-12(11)16-13/h3-7,9-10,14-15H,8H2,1-2H3. The Morgan fingerprint density at radius 2 is 2.06 bits per heavy atom. The first-order valence-corrected chi connectivity index (χ1v) is 5.56. The van der Waals surface area contributed by atoms with E-state index in [9.17, 15) is 0 Å². The van der Waals surface area contributed by atoms with Gasteiger partial charge in [-0.15, -0.1) is 0 Å². The molecule has 1 aromatic heterocycles. The van der Waals surface area contributed by atoms with Gasteiger partial charge < -0.3 is 14.8 Å². The number of nitrogens with one attached hydrogen (secondary N) is 1. The van der Waals surface area contributed by atoms with E-state index in [0.29, 0.717) is 0 Å². The number of rotatable bonds is 4. The number of hydrogen-bond donors (Lipinski definition) is 2. The second-order valence-electron chi connectivity index (χ2n) is 4.16. The maximum atomic E-state index is 8.98.